The molecule has 1 aliphatic rings. The molecule has 1 atom stereocenters. The zero-order valence-electron chi connectivity index (χ0n) is 20.0. The van der Waals surface area contributed by atoms with Crippen LogP contribution < -0.4 is 9.64 Å². The number of aromatic nitrogens is 1. The van der Waals surface area contributed by atoms with Crippen LogP contribution in [-0.4, -0.2) is 75.4 Å². The summed E-state index contributed by atoms with van der Waals surface area (Å²) in [6.07, 6.45) is 1.81. The molecule has 35 heavy (non-hydrogen) atoms. The van der Waals surface area contributed by atoms with Crippen molar-refractivity contribution in [2.24, 2.45) is 0 Å². The van der Waals surface area contributed by atoms with E-state index in [9.17, 15) is 13.2 Å². The van der Waals surface area contributed by atoms with E-state index >= 15 is 0 Å². The van der Waals surface area contributed by atoms with E-state index < -0.39 is 16.1 Å². The highest BCUT2D eigenvalue weighted by molar-refractivity contribution is 7.89. The first kappa shape index (κ1) is 25.8. The minimum absolute atomic E-state index is 0.132. The number of carbonyl (C=O) groups excluding carboxylic acids is 1. The SMILES string of the molecule is COc1ccc2nc(N(CCCN(C)C)C(=O)C3CCCN3S(=O)(=O)c3ccc(Cl)cc3)sc2c1. The topological polar surface area (TPSA) is 83.1 Å². The van der Waals surface area contributed by atoms with E-state index in [0.29, 0.717) is 41.8 Å². The molecule has 0 saturated carbocycles. The van der Waals surface area contributed by atoms with Crippen molar-refractivity contribution < 1.29 is 17.9 Å². The Balaban J connectivity index is 1.66. The molecule has 0 N–H and O–H groups in total. The maximum atomic E-state index is 13.9. The van der Waals surface area contributed by atoms with Crippen molar-refractivity contribution in [2.45, 2.75) is 30.2 Å². The number of methoxy groups -OCH3 is 1. The lowest BCUT2D eigenvalue weighted by Gasteiger charge is -2.29. The highest BCUT2D eigenvalue weighted by atomic mass is 35.5. The van der Waals surface area contributed by atoms with Crippen molar-refractivity contribution in [1.82, 2.24) is 14.2 Å². The average molecular weight is 537 g/mol. The van der Waals surface area contributed by atoms with Gasteiger partial charge in [0.2, 0.25) is 15.9 Å². The molecule has 3 aromatic rings. The van der Waals surface area contributed by atoms with E-state index in [-0.39, 0.29) is 10.8 Å². The van der Waals surface area contributed by atoms with Crippen LogP contribution in [0.4, 0.5) is 5.13 Å². The standard InChI is InChI=1S/C24H29ClN4O4S2/c1-27(2)13-5-14-28(24-26-20-12-9-18(33-3)16-22(20)34-24)23(30)21-6-4-15-29(21)35(31,32)19-10-7-17(25)8-11-19/h7-12,16,21H,4-6,13-15H2,1-3H3. The third-order valence-corrected chi connectivity index (χ3v) is 9.19. The Morgan fingerprint density at radius 3 is 2.63 bits per heavy atom. The molecule has 1 aliphatic heterocycles. The third-order valence-electron chi connectivity index (χ3n) is 5.98. The molecular weight excluding hydrogens is 508 g/mol. The number of carbonyl (C=O) groups is 1. The summed E-state index contributed by atoms with van der Waals surface area (Å²) in [7, 11) is 1.72. The van der Waals surface area contributed by atoms with Crippen molar-refractivity contribution in [3.8, 4) is 5.75 Å². The lowest BCUT2D eigenvalue weighted by molar-refractivity contribution is -0.121. The second-order valence-corrected chi connectivity index (χ2v) is 12.0. The van der Waals surface area contributed by atoms with Gasteiger partial charge in [-0.2, -0.15) is 4.31 Å². The predicted octanol–water partition coefficient (Wildman–Crippen LogP) is 4.10. The number of thiazole rings is 1. The average Bonchev–Trinajstić information content (AvgIpc) is 3.48. The van der Waals surface area contributed by atoms with Crippen molar-refractivity contribution >= 4 is 54.2 Å². The first-order valence-corrected chi connectivity index (χ1v) is 14.0. The number of fused-ring (bicyclic) bond motifs is 1. The fourth-order valence-electron chi connectivity index (χ4n) is 4.18. The van der Waals surface area contributed by atoms with Crippen LogP contribution in [0.5, 0.6) is 5.75 Å². The number of amides is 1. The number of hydrogen-bond donors (Lipinski definition) is 0. The molecule has 2 aromatic carbocycles. The molecule has 8 nitrogen and oxygen atoms in total. The van der Waals surface area contributed by atoms with Crippen LogP contribution in [0.3, 0.4) is 0 Å². The quantitative estimate of drug-likeness (QED) is 0.409. The Hall–Kier alpha value is -2.24. The van der Waals surface area contributed by atoms with Crippen molar-refractivity contribution in [3.05, 3.63) is 47.5 Å². The molecule has 0 radical (unpaired) electrons. The van der Waals surface area contributed by atoms with Gasteiger partial charge in [0.15, 0.2) is 5.13 Å². The summed E-state index contributed by atoms with van der Waals surface area (Å²) in [4.78, 5) is 22.4. The van der Waals surface area contributed by atoms with Gasteiger partial charge in [-0.1, -0.05) is 22.9 Å². The van der Waals surface area contributed by atoms with Gasteiger partial charge in [0.1, 0.15) is 11.8 Å². The van der Waals surface area contributed by atoms with E-state index in [0.717, 1.165) is 23.2 Å². The highest BCUT2D eigenvalue weighted by Gasteiger charge is 2.42. The molecular formula is C24H29ClN4O4S2. The van der Waals surface area contributed by atoms with Gasteiger partial charge in [0, 0.05) is 18.1 Å². The van der Waals surface area contributed by atoms with Crippen LogP contribution in [-0.2, 0) is 14.8 Å². The zero-order chi connectivity index (χ0) is 25.2. The summed E-state index contributed by atoms with van der Waals surface area (Å²) in [6, 6.07) is 10.9. The molecule has 0 bridgehead atoms. The first-order chi connectivity index (χ1) is 16.7. The van der Waals surface area contributed by atoms with E-state index in [1.54, 1.807) is 24.1 Å². The van der Waals surface area contributed by atoms with E-state index in [4.69, 9.17) is 21.3 Å². The summed E-state index contributed by atoms with van der Waals surface area (Å²) < 4.78 is 34.4. The van der Waals surface area contributed by atoms with E-state index in [1.807, 2.05) is 32.3 Å². The number of anilines is 1. The maximum Gasteiger partial charge on any atom is 0.247 e. The lowest BCUT2D eigenvalue weighted by atomic mass is 10.2. The first-order valence-electron chi connectivity index (χ1n) is 11.4. The monoisotopic (exact) mass is 536 g/mol. The molecule has 1 amide bonds. The summed E-state index contributed by atoms with van der Waals surface area (Å²) in [5.41, 5.74) is 0.772. The second kappa shape index (κ2) is 10.8. The van der Waals surface area contributed by atoms with Gasteiger partial charge in [-0.15, -0.1) is 0 Å². The molecule has 1 aromatic heterocycles. The van der Waals surface area contributed by atoms with Gasteiger partial charge in [-0.3, -0.25) is 9.69 Å². The predicted molar refractivity (Wildman–Crippen MR) is 140 cm³/mol. The largest absolute Gasteiger partial charge is 0.497 e. The fourth-order valence-corrected chi connectivity index (χ4v) is 6.98. The lowest BCUT2D eigenvalue weighted by Crippen LogP contribution is -2.48. The van der Waals surface area contributed by atoms with Gasteiger partial charge in [-0.25, -0.2) is 13.4 Å². The Kier molecular flexibility index (Phi) is 7.97. The van der Waals surface area contributed by atoms with Crippen LogP contribution in [0.15, 0.2) is 47.4 Å². The van der Waals surface area contributed by atoms with Crippen LogP contribution in [0.2, 0.25) is 5.02 Å². The van der Waals surface area contributed by atoms with Crippen LogP contribution in [0, 0.1) is 0 Å². The number of rotatable bonds is 9. The maximum absolute atomic E-state index is 13.9. The summed E-state index contributed by atoms with van der Waals surface area (Å²) >= 11 is 7.35. The molecule has 2 heterocycles. The Morgan fingerprint density at radius 1 is 1.20 bits per heavy atom. The molecule has 1 unspecified atom stereocenters. The molecule has 4 rings (SSSR count). The highest BCUT2D eigenvalue weighted by Crippen LogP contribution is 2.34. The molecule has 11 heteroatoms. The summed E-state index contributed by atoms with van der Waals surface area (Å²) in [5, 5.41) is 1.02. The van der Waals surface area contributed by atoms with Crippen LogP contribution >= 0.6 is 22.9 Å². The van der Waals surface area contributed by atoms with Crippen molar-refractivity contribution in [2.75, 3.05) is 45.7 Å². The Labute approximate surface area is 215 Å². The van der Waals surface area contributed by atoms with Gasteiger partial charge >= 0.3 is 0 Å². The molecule has 1 saturated heterocycles. The Morgan fingerprint density at radius 2 is 1.94 bits per heavy atom. The van der Waals surface area contributed by atoms with E-state index in [1.165, 1.54) is 27.8 Å². The van der Waals surface area contributed by atoms with Crippen molar-refractivity contribution in [1.29, 1.82) is 0 Å². The minimum Gasteiger partial charge on any atom is -0.497 e. The summed E-state index contributed by atoms with van der Waals surface area (Å²) in [5.74, 6) is 0.471. The zero-order valence-corrected chi connectivity index (χ0v) is 22.4. The van der Waals surface area contributed by atoms with Crippen molar-refractivity contribution in [3.63, 3.8) is 0 Å². The number of sulfonamides is 1. The second-order valence-electron chi connectivity index (χ2n) is 8.70. The molecule has 188 valence electrons. The third kappa shape index (κ3) is 5.62. The van der Waals surface area contributed by atoms with Gasteiger partial charge in [0.05, 0.1) is 22.2 Å². The van der Waals surface area contributed by atoms with Gasteiger partial charge < -0.3 is 9.64 Å². The van der Waals surface area contributed by atoms with Crippen LogP contribution in [0.1, 0.15) is 19.3 Å². The number of nitrogens with zero attached hydrogens (tertiary/aromatic N) is 4. The minimum atomic E-state index is -3.85. The summed E-state index contributed by atoms with van der Waals surface area (Å²) in [6.45, 7) is 1.53. The molecule has 0 spiro atoms. The number of benzene rings is 2. The van der Waals surface area contributed by atoms with Gasteiger partial charge in [0.25, 0.3) is 0 Å². The van der Waals surface area contributed by atoms with E-state index in [2.05, 4.69) is 4.90 Å². The number of halogens is 1. The molecule has 1 fully saturated rings. The fraction of sp³-hybridized carbons (Fsp3) is 0.417. The number of hydrogen-bond acceptors (Lipinski definition) is 7. The normalized spacial score (nSPS) is 16.8. The molecule has 0 aliphatic carbocycles. The Bertz CT molecular complexity index is 1290. The number of ether oxygens (including phenoxy) is 1. The smallest absolute Gasteiger partial charge is 0.247 e. The van der Waals surface area contributed by atoms with Crippen LogP contribution in [0.25, 0.3) is 10.2 Å². The van der Waals surface area contributed by atoms with Gasteiger partial charge in [-0.05, 0) is 82.4 Å².